The van der Waals surface area contributed by atoms with Gasteiger partial charge >= 0.3 is 5.69 Å². The van der Waals surface area contributed by atoms with Gasteiger partial charge in [-0.1, -0.05) is 26.7 Å². The summed E-state index contributed by atoms with van der Waals surface area (Å²) in [6, 6.07) is 0. The summed E-state index contributed by atoms with van der Waals surface area (Å²) in [6.07, 6.45) is 4.65. The minimum atomic E-state index is -0.503. The van der Waals surface area contributed by atoms with Crippen LogP contribution < -0.4 is 10.1 Å². The molecule has 1 N–H and O–H groups in total. The van der Waals surface area contributed by atoms with Crippen molar-refractivity contribution in [1.82, 2.24) is 9.97 Å². The number of rotatable bonds is 9. The predicted molar refractivity (Wildman–Crippen MR) is 77.2 cm³/mol. The molecule has 0 saturated carbocycles. The summed E-state index contributed by atoms with van der Waals surface area (Å²) in [5.41, 5.74) is -0.191. The lowest BCUT2D eigenvalue weighted by Crippen LogP contribution is -2.11. The van der Waals surface area contributed by atoms with Crippen LogP contribution in [0, 0.1) is 10.1 Å². The quantitative estimate of drug-likeness (QED) is 0.425. The normalized spacial score (nSPS) is 10.3. The Morgan fingerprint density at radius 1 is 1.25 bits per heavy atom. The minimum Gasteiger partial charge on any atom is -0.476 e. The van der Waals surface area contributed by atoms with E-state index < -0.39 is 4.92 Å². The monoisotopic (exact) mass is 282 g/mol. The molecule has 1 heterocycles. The van der Waals surface area contributed by atoms with Gasteiger partial charge < -0.3 is 10.1 Å². The minimum absolute atomic E-state index is 0.0199. The number of nitrogens with zero attached hydrogens (tertiary/aromatic N) is 3. The van der Waals surface area contributed by atoms with Gasteiger partial charge in [-0.3, -0.25) is 10.1 Å². The summed E-state index contributed by atoms with van der Waals surface area (Å²) < 4.78 is 5.03. The third-order valence-corrected chi connectivity index (χ3v) is 2.82. The number of hydrogen-bond donors (Lipinski definition) is 1. The zero-order valence-corrected chi connectivity index (χ0v) is 12.3. The second kappa shape index (κ2) is 8.29. The lowest BCUT2D eigenvalue weighted by Gasteiger charge is -2.10. The van der Waals surface area contributed by atoms with E-state index in [9.17, 15) is 10.1 Å². The standard InChI is InChI=1S/C13H22N4O3/c1-4-6-7-9-14-12-11(17(18)19)13(20-3)16-10(15-12)8-5-2/h4-9H2,1-3H3,(H,14,15,16). The molecule has 0 fully saturated rings. The number of nitrogens with one attached hydrogen (secondary N) is 1. The molecule has 1 aromatic heterocycles. The highest BCUT2D eigenvalue weighted by atomic mass is 16.6. The molecule has 0 saturated heterocycles. The summed E-state index contributed by atoms with van der Waals surface area (Å²) >= 11 is 0. The van der Waals surface area contributed by atoms with Crippen molar-refractivity contribution in [3.8, 4) is 5.88 Å². The summed E-state index contributed by atoms with van der Waals surface area (Å²) in [5, 5.41) is 14.2. The Kier molecular flexibility index (Phi) is 6.69. The zero-order chi connectivity index (χ0) is 15.0. The average Bonchev–Trinajstić information content (AvgIpc) is 2.43. The van der Waals surface area contributed by atoms with Gasteiger partial charge in [0.25, 0.3) is 5.88 Å². The van der Waals surface area contributed by atoms with Crippen molar-refractivity contribution in [2.45, 2.75) is 46.0 Å². The Morgan fingerprint density at radius 2 is 2.00 bits per heavy atom. The van der Waals surface area contributed by atoms with Gasteiger partial charge in [-0.25, -0.2) is 4.98 Å². The maximum absolute atomic E-state index is 11.2. The van der Waals surface area contributed by atoms with E-state index in [1.165, 1.54) is 7.11 Å². The number of nitro groups is 1. The topological polar surface area (TPSA) is 90.2 Å². The Morgan fingerprint density at radius 3 is 2.55 bits per heavy atom. The van der Waals surface area contributed by atoms with Crippen molar-refractivity contribution >= 4 is 11.5 Å². The van der Waals surface area contributed by atoms with Gasteiger partial charge in [-0.15, -0.1) is 0 Å². The molecular weight excluding hydrogens is 260 g/mol. The van der Waals surface area contributed by atoms with Gasteiger partial charge in [0.2, 0.25) is 5.82 Å². The molecule has 0 aromatic carbocycles. The fraction of sp³-hybridized carbons (Fsp3) is 0.692. The van der Waals surface area contributed by atoms with Crippen molar-refractivity contribution in [2.75, 3.05) is 19.0 Å². The summed E-state index contributed by atoms with van der Waals surface area (Å²) in [6.45, 7) is 4.77. The van der Waals surface area contributed by atoms with Crippen LogP contribution >= 0.6 is 0 Å². The lowest BCUT2D eigenvalue weighted by molar-refractivity contribution is -0.385. The fourth-order valence-electron chi connectivity index (χ4n) is 1.83. The first-order valence-electron chi connectivity index (χ1n) is 6.97. The average molecular weight is 282 g/mol. The van der Waals surface area contributed by atoms with Gasteiger partial charge in [-0.05, 0) is 12.8 Å². The molecule has 0 radical (unpaired) electrons. The number of aryl methyl sites for hydroxylation is 1. The number of ether oxygens (including phenoxy) is 1. The molecule has 112 valence electrons. The van der Waals surface area contributed by atoms with Crippen molar-refractivity contribution in [1.29, 1.82) is 0 Å². The van der Waals surface area contributed by atoms with E-state index >= 15 is 0 Å². The molecule has 0 unspecified atom stereocenters. The molecule has 7 nitrogen and oxygen atoms in total. The van der Waals surface area contributed by atoms with Crippen LogP contribution in [0.15, 0.2) is 0 Å². The molecule has 20 heavy (non-hydrogen) atoms. The highest BCUT2D eigenvalue weighted by Crippen LogP contribution is 2.31. The second-order valence-electron chi connectivity index (χ2n) is 4.49. The van der Waals surface area contributed by atoms with E-state index in [4.69, 9.17) is 4.74 Å². The molecule has 7 heteroatoms. The van der Waals surface area contributed by atoms with Crippen LogP contribution in [0.4, 0.5) is 11.5 Å². The Balaban J connectivity index is 3.02. The lowest BCUT2D eigenvalue weighted by atomic mass is 10.2. The third-order valence-electron chi connectivity index (χ3n) is 2.82. The number of hydrogen-bond acceptors (Lipinski definition) is 6. The Bertz CT molecular complexity index is 451. The highest BCUT2D eigenvalue weighted by molar-refractivity contribution is 5.61. The van der Waals surface area contributed by atoms with Crippen LogP contribution in [0.1, 0.15) is 45.4 Å². The molecule has 0 aliphatic heterocycles. The van der Waals surface area contributed by atoms with Crippen LogP contribution in [-0.2, 0) is 6.42 Å². The summed E-state index contributed by atoms with van der Waals surface area (Å²) in [4.78, 5) is 19.0. The number of unbranched alkanes of at least 4 members (excludes halogenated alkanes) is 2. The fourth-order valence-corrected chi connectivity index (χ4v) is 1.83. The van der Waals surface area contributed by atoms with Gasteiger partial charge in [0.15, 0.2) is 0 Å². The van der Waals surface area contributed by atoms with E-state index in [0.717, 1.165) is 25.7 Å². The first-order valence-corrected chi connectivity index (χ1v) is 6.97. The zero-order valence-electron chi connectivity index (χ0n) is 12.3. The molecule has 1 aromatic rings. The van der Waals surface area contributed by atoms with Crippen molar-refractivity contribution in [3.05, 3.63) is 15.9 Å². The van der Waals surface area contributed by atoms with Crippen LogP contribution in [0.3, 0.4) is 0 Å². The third kappa shape index (κ3) is 4.32. The van der Waals surface area contributed by atoms with Crippen LogP contribution in [-0.4, -0.2) is 28.5 Å². The van der Waals surface area contributed by atoms with E-state index in [-0.39, 0.29) is 17.4 Å². The number of anilines is 1. The van der Waals surface area contributed by atoms with Gasteiger partial charge in [0, 0.05) is 13.0 Å². The molecule has 1 rings (SSSR count). The van der Waals surface area contributed by atoms with Crippen molar-refractivity contribution in [2.24, 2.45) is 0 Å². The molecule has 0 aliphatic carbocycles. The first kappa shape index (κ1) is 16.1. The smallest absolute Gasteiger partial charge is 0.372 e. The van der Waals surface area contributed by atoms with Crippen molar-refractivity contribution in [3.63, 3.8) is 0 Å². The molecule has 0 spiro atoms. The Labute approximate surface area is 118 Å². The van der Waals surface area contributed by atoms with Crippen molar-refractivity contribution < 1.29 is 9.66 Å². The predicted octanol–water partition coefficient (Wildman–Crippen LogP) is 2.95. The maximum Gasteiger partial charge on any atom is 0.372 e. The second-order valence-corrected chi connectivity index (χ2v) is 4.49. The molecule has 0 bridgehead atoms. The van der Waals surface area contributed by atoms with Gasteiger partial charge in [-0.2, -0.15) is 4.98 Å². The largest absolute Gasteiger partial charge is 0.476 e. The Hall–Kier alpha value is -1.92. The SMILES string of the molecule is CCCCCNc1nc(CCC)nc(OC)c1[N+](=O)[O-]. The summed E-state index contributed by atoms with van der Waals surface area (Å²) in [5.74, 6) is 0.834. The van der Waals surface area contributed by atoms with E-state index in [2.05, 4.69) is 22.2 Å². The van der Waals surface area contributed by atoms with E-state index in [1.54, 1.807) is 0 Å². The van der Waals surface area contributed by atoms with Gasteiger partial charge in [0.1, 0.15) is 5.82 Å². The maximum atomic E-state index is 11.2. The van der Waals surface area contributed by atoms with Crippen LogP contribution in [0.2, 0.25) is 0 Å². The first-order chi connectivity index (χ1) is 9.63. The van der Waals surface area contributed by atoms with Crippen LogP contribution in [0.5, 0.6) is 5.88 Å². The molecule has 0 atom stereocenters. The number of methoxy groups -OCH3 is 1. The molecule has 0 amide bonds. The van der Waals surface area contributed by atoms with E-state index in [1.807, 2.05) is 6.92 Å². The van der Waals surface area contributed by atoms with E-state index in [0.29, 0.717) is 18.8 Å². The van der Waals surface area contributed by atoms with Crippen LogP contribution in [0.25, 0.3) is 0 Å². The highest BCUT2D eigenvalue weighted by Gasteiger charge is 2.25. The molecule has 0 aliphatic rings. The number of aromatic nitrogens is 2. The summed E-state index contributed by atoms with van der Waals surface area (Å²) in [7, 11) is 1.38. The van der Waals surface area contributed by atoms with Gasteiger partial charge in [0.05, 0.1) is 12.0 Å². The molecular formula is C13H22N4O3.